The van der Waals surface area contributed by atoms with Crippen LogP contribution in [0.15, 0.2) is 58.7 Å². The molecular formula is C14H10N2O2S. The van der Waals surface area contributed by atoms with Gasteiger partial charge in [0.2, 0.25) is 0 Å². The van der Waals surface area contributed by atoms with Crippen molar-refractivity contribution >= 4 is 28.6 Å². The summed E-state index contributed by atoms with van der Waals surface area (Å²) in [6, 6.07) is 13.3. The summed E-state index contributed by atoms with van der Waals surface area (Å²) >= 11 is 1.47. The van der Waals surface area contributed by atoms with E-state index in [0.29, 0.717) is 0 Å². The first kappa shape index (κ1) is 11.8. The molecule has 5 heteroatoms. The van der Waals surface area contributed by atoms with E-state index in [1.54, 1.807) is 12.1 Å². The Labute approximate surface area is 113 Å². The first-order valence-corrected chi connectivity index (χ1v) is 6.49. The monoisotopic (exact) mass is 270 g/mol. The van der Waals surface area contributed by atoms with Gasteiger partial charge in [-0.15, -0.1) is 0 Å². The molecule has 1 aromatic carbocycles. The molecule has 4 nitrogen and oxygen atoms in total. The number of fused-ring (bicyclic) bond motifs is 1. The molecule has 0 radical (unpaired) electrons. The molecule has 3 aromatic rings. The molecule has 0 aliphatic rings. The number of aromatic amines is 1. The van der Waals surface area contributed by atoms with E-state index in [2.05, 4.69) is 9.97 Å². The lowest BCUT2D eigenvalue weighted by Gasteiger charge is -1.98. The number of benzene rings is 1. The lowest BCUT2D eigenvalue weighted by Crippen LogP contribution is -1.96. The van der Waals surface area contributed by atoms with E-state index in [1.165, 1.54) is 18.0 Å². The Morgan fingerprint density at radius 1 is 1.21 bits per heavy atom. The van der Waals surface area contributed by atoms with E-state index in [0.717, 1.165) is 21.0 Å². The number of carboxylic acids is 1. The fourth-order valence-electron chi connectivity index (χ4n) is 1.78. The van der Waals surface area contributed by atoms with Crippen LogP contribution in [-0.2, 0) is 0 Å². The van der Waals surface area contributed by atoms with E-state index in [9.17, 15) is 4.79 Å². The summed E-state index contributed by atoms with van der Waals surface area (Å²) in [6.07, 6.45) is 1.37. The van der Waals surface area contributed by atoms with E-state index in [1.807, 2.05) is 30.3 Å². The van der Waals surface area contributed by atoms with Crippen molar-refractivity contribution in [2.24, 2.45) is 0 Å². The van der Waals surface area contributed by atoms with Crippen LogP contribution in [-0.4, -0.2) is 21.0 Å². The maximum absolute atomic E-state index is 10.7. The molecule has 0 aliphatic carbocycles. The third-order valence-corrected chi connectivity index (χ3v) is 3.59. The second kappa shape index (κ2) is 4.78. The smallest absolute Gasteiger partial charge is 0.337 e. The van der Waals surface area contributed by atoms with Crippen molar-refractivity contribution in [2.75, 3.05) is 0 Å². The minimum atomic E-state index is -0.963. The summed E-state index contributed by atoms with van der Waals surface area (Å²) < 4.78 is 0. The second-order valence-electron chi connectivity index (χ2n) is 4.01. The summed E-state index contributed by atoms with van der Waals surface area (Å²) in [5, 5.41) is 11.7. The fourth-order valence-corrected chi connectivity index (χ4v) is 2.60. The van der Waals surface area contributed by atoms with Crippen molar-refractivity contribution in [1.82, 2.24) is 9.97 Å². The lowest BCUT2D eigenvalue weighted by atomic mass is 10.3. The molecule has 19 heavy (non-hydrogen) atoms. The molecule has 0 saturated carbocycles. The molecule has 3 rings (SSSR count). The number of rotatable bonds is 3. The van der Waals surface area contributed by atoms with Gasteiger partial charge < -0.3 is 10.1 Å². The zero-order chi connectivity index (χ0) is 13.2. The van der Waals surface area contributed by atoms with Crippen molar-refractivity contribution in [3.8, 4) is 0 Å². The predicted octanol–water partition coefficient (Wildman–Crippen LogP) is 3.41. The molecule has 0 amide bonds. The van der Waals surface area contributed by atoms with Gasteiger partial charge in [-0.1, -0.05) is 30.0 Å². The molecule has 0 atom stereocenters. The van der Waals surface area contributed by atoms with Gasteiger partial charge in [0.1, 0.15) is 5.03 Å². The summed E-state index contributed by atoms with van der Waals surface area (Å²) in [4.78, 5) is 18.2. The van der Waals surface area contributed by atoms with Gasteiger partial charge in [0.05, 0.1) is 10.6 Å². The highest BCUT2D eigenvalue weighted by atomic mass is 32.2. The highest BCUT2D eigenvalue weighted by molar-refractivity contribution is 7.99. The van der Waals surface area contributed by atoms with Crippen LogP contribution in [0.4, 0.5) is 0 Å². The van der Waals surface area contributed by atoms with Crippen molar-refractivity contribution < 1.29 is 9.90 Å². The Morgan fingerprint density at radius 2 is 2.05 bits per heavy atom. The third-order valence-electron chi connectivity index (χ3n) is 2.70. The molecule has 0 saturated heterocycles. The molecule has 2 heterocycles. The van der Waals surface area contributed by atoms with E-state index < -0.39 is 5.97 Å². The zero-order valence-corrected chi connectivity index (χ0v) is 10.6. The minimum absolute atomic E-state index is 0.195. The minimum Gasteiger partial charge on any atom is -0.478 e. The number of pyridine rings is 1. The van der Waals surface area contributed by atoms with Gasteiger partial charge in [0.15, 0.2) is 0 Å². The van der Waals surface area contributed by atoms with E-state index in [-0.39, 0.29) is 5.56 Å². The van der Waals surface area contributed by atoms with Crippen molar-refractivity contribution in [3.05, 3.63) is 54.2 Å². The Kier molecular flexibility index (Phi) is 2.97. The number of H-pyrrole nitrogens is 1. The van der Waals surface area contributed by atoms with Crippen molar-refractivity contribution in [1.29, 1.82) is 0 Å². The Morgan fingerprint density at radius 3 is 2.74 bits per heavy atom. The summed E-state index contributed by atoms with van der Waals surface area (Å²) in [6.45, 7) is 0. The molecule has 0 aliphatic heterocycles. The normalized spacial score (nSPS) is 10.7. The molecule has 0 unspecified atom stereocenters. The van der Waals surface area contributed by atoms with Crippen LogP contribution < -0.4 is 0 Å². The maximum Gasteiger partial charge on any atom is 0.337 e. The van der Waals surface area contributed by atoms with Gasteiger partial charge in [0, 0.05) is 17.1 Å². The van der Waals surface area contributed by atoms with Crippen LogP contribution in [0.5, 0.6) is 0 Å². The van der Waals surface area contributed by atoms with Crippen LogP contribution in [0.1, 0.15) is 10.4 Å². The molecular weight excluding hydrogens is 260 g/mol. The first-order valence-electron chi connectivity index (χ1n) is 5.67. The third kappa shape index (κ3) is 2.46. The predicted molar refractivity (Wildman–Crippen MR) is 73.6 cm³/mol. The number of aromatic carboxylic acids is 1. The zero-order valence-electron chi connectivity index (χ0n) is 9.83. The van der Waals surface area contributed by atoms with Crippen molar-refractivity contribution in [3.63, 3.8) is 0 Å². The molecule has 0 bridgehead atoms. The largest absolute Gasteiger partial charge is 0.478 e. The Balaban J connectivity index is 1.86. The maximum atomic E-state index is 10.7. The average Bonchev–Trinajstić information content (AvgIpc) is 2.81. The van der Waals surface area contributed by atoms with Gasteiger partial charge in [-0.25, -0.2) is 9.78 Å². The number of aromatic nitrogens is 2. The molecule has 0 fully saturated rings. The number of hydrogen-bond acceptors (Lipinski definition) is 3. The van der Waals surface area contributed by atoms with Crippen LogP contribution in [0.2, 0.25) is 0 Å². The summed E-state index contributed by atoms with van der Waals surface area (Å²) in [5.74, 6) is -0.963. The number of carboxylic acid groups (broad SMARTS) is 1. The van der Waals surface area contributed by atoms with Gasteiger partial charge in [-0.3, -0.25) is 0 Å². The molecule has 2 N–H and O–H groups in total. The fraction of sp³-hybridized carbons (Fsp3) is 0. The van der Waals surface area contributed by atoms with Crippen LogP contribution in [0.25, 0.3) is 10.9 Å². The quantitative estimate of drug-likeness (QED) is 0.765. The lowest BCUT2D eigenvalue weighted by molar-refractivity contribution is 0.0696. The second-order valence-corrected chi connectivity index (χ2v) is 5.08. The number of hydrogen-bond donors (Lipinski definition) is 2. The van der Waals surface area contributed by atoms with Gasteiger partial charge >= 0.3 is 5.97 Å². The standard InChI is InChI=1S/C14H10N2O2S/c17-14(18)10-5-6-12(15-8-10)19-13-7-9-3-1-2-4-11(9)16-13/h1-8,16H,(H,17,18). The Bertz CT molecular complexity index is 702. The van der Waals surface area contributed by atoms with Gasteiger partial charge in [-0.2, -0.15) is 0 Å². The van der Waals surface area contributed by atoms with Crippen LogP contribution in [0.3, 0.4) is 0 Å². The van der Waals surface area contributed by atoms with Gasteiger partial charge in [-0.05, 0) is 24.3 Å². The molecule has 2 aromatic heterocycles. The molecule has 94 valence electrons. The number of nitrogens with zero attached hydrogens (tertiary/aromatic N) is 1. The SMILES string of the molecule is O=C(O)c1ccc(Sc2cc3ccccc3[nH]2)nc1. The van der Waals surface area contributed by atoms with Crippen LogP contribution in [0, 0.1) is 0 Å². The first-order chi connectivity index (χ1) is 9.22. The van der Waals surface area contributed by atoms with Crippen LogP contribution >= 0.6 is 11.8 Å². The highest BCUT2D eigenvalue weighted by Gasteiger charge is 2.06. The Hall–Kier alpha value is -2.27. The van der Waals surface area contributed by atoms with E-state index >= 15 is 0 Å². The molecule has 0 spiro atoms. The number of carbonyl (C=O) groups is 1. The van der Waals surface area contributed by atoms with Crippen molar-refractivity contribution in [2.45, 2.75) is 10.1 Å². The summed E-state index contributed by atoms with van der Waals surface area (Å²) in [5.41, 5.74) is 1.27. The highest BCUT2D eigenvalue weighted by Crippen LogP contribution is 2.28. The topological polar surface area (TPSA) is 66.0 Å². The number of nitrogens with one attached hydrogen (secondary N) is 1. The average molecular weight is 270 g/mol. The summed E-state index contributed by atoms with van der Waals surface area (Å²) in [7, 11) is 0. The van der Waals surface area contributed by atoms with Gasteiger partial charge in [0.25, 0.3) is 0 Å². The van der Waals surface area contributed by atoms with E-state index in [4.69, 9.17) is 5.11 Å². The number of para-hydroxylation sites is 1.